The van der Waals surface area contributed by atoms with E-state index in [4.69, 9.17) is 0 Å². The molecule has 0 amide bonds. The molecule has 2 fully saturated rings. The molecule has 360 valence electrons. The van der Waals surface area contributed by atoms with Gasteiger partial charge in [-0.15, -0.1) is 24.8 Å². The predicted molar refractivity (Wildman–Crippen MR) is 298 cm³/mol. The van der Waals surface area contributed by atoms with Crippen molar-refractivity contribution in [3.63, 3.8) is 0 Å². The molecule has 0 aromatic heterocycles. The van der Waals surface area contributed by atoms with Crippen LogP contribution in [0.4, 0.5) is 0 Å². The van der Waals surface area contributed by atoms with E-state index in [2.05, 4.69) is 180 Å². The smallest absolute Gasteiger partial charge is 0.147 e. The van der Waals surface area contributed by atoms with Crippen molar-refractivity contribution in [3.8, 4) is 22.3 Å². The van der Waals surface area contributed by atoms with Crippen LogP contribution in [0.25, 0.3) is 22.3 Å². The molecule has 10 rings (SSSR count). The number of benzene rings is 4. The molecule has 0 bridgehead atoms. The van der Waals surface area contributed by atoms with Crippen LogP contribution in [0, 0.1) is 0 Å². The first-order valence-electron chi connectivity index (χ1n) is 26.0. The summed E-state index contributed by atoms with van der Waals surface area (Å²) in [4.78, 5) is 0. The van der Waals surface area contributed by atoms with Gasteiger partial charge in [0.25, 0.3) is 0 Å². The molecule has 0 heterocycles. The van der Waals surface area contributed by atoms with Gasteiger partial charge in [-0.3, -0.25) is 0 Å². The van der Waals surface area contributed by atoms with E-state index in [-0.39, 0.29) is 46.5 Å². The van der Waals surface area contributed by atoms with Gasteiger partial charge < -0.3 is 0 Å². The van der Waals surface area contributed by atoms with E-state index in [1.807, 2.05) is 19.8 Å². The Labute approximate surface area is 440 Å². The van der Waals surface area contributed by atoms with Crippen LogP contribution in [0.15, 0.2) is 104 Å². The molecule has 0 saturated heterocycles. The van der Waals surface area contributed by atoms with E-state index in [0.717, 1.165) is 12.8 Å². The second kappa shape index (κ2) is 21.2. The first kappa shape index (κ1) is 53.7. The van der Waals surface area contributed by atoms with Crippen molar-refractivity contribution in [1.82, 2.24) is 0 Å². The van der Waals surface area contributed by atoms with Gasteiger partial charge in [0.05, 0.1) is 0 Å². The van der Waals surface area contributed by atoms with E-state index >= 15 is 0 Å². The summed E-state index contributed by atoms with van der Waals surface area (Å²) >= 11 is -4.61. The SMILES string of the molecule is CC(C)(C)c1ccc2c(c1)-c1cc(C(C)(C)C)c[c]([Hf]([C]3=CC=CC3)=[C]3CCCCC3)c1C2.CC(C)(C)c1ccc2c(c1)-c1cc(C(C)(C)C)c[c]([Hf]([C]3=CC=CC3)=[C]3CCCCC3)c1C2.Cl.Cl. The van der Waals surface area contributed by atoms with Crippen LogP contribution in [0.1, 0.15) is 205 Å². The van der Waals surface area contributed by atoms with E-state index in [9.17, 15) is 0 Å². The summed E-state index contributed by atoms with van der Waals surface area (Å²) < 4.78 is 11.3. The zero-order valence-corrected chi connectivity index (χ0v) is 52.8. The van der Waals surface area contributed by atoms with Crippen molar-refractivity contribution in [2.45, 2.75) is 195 Å². The van der Waals surface area contributed by atoms with Crippen molar-refractivity contribution in [2.75, 3.05) is 0 Å². The maximum Gasteiger partial charge on any atom is -0.147 e. The molecule has 68 heavy (non-hydrogen) atoms. The second-order valence-electron chi connectivity index (χ2n) is 24.9. The number of halogens is 2. The van der Waals surface area contributed by atoms with Crippen molar-refractivity contribution >= 4 is 38.0 Å². The first-order valence-corrected chi connectivity index (χ1v) is 36.8. The maximum atomic E-state index is 2.69. The van der Waals surface area contributed by atoms with E-state index in [1.54, 1.807) is 33.4 Å². The molecule has 6 aliphatic rings. The van der Waals surface area contributed by atoms with Gasteiger partial charge in [0.15, 0.2) is 0 Å². The average Bonchev–Trinajstić information content (AvgIpc) is 4.11. The maximum absolute atomic E-state index is 2.69. The molecule has 0 aliphatic heterocycles. The van der Waals surface area contributed by atoms with Gasteiger partial charge >= 0.3 is 420 Å². The number of fused-ring (bicyclic) bond motifs is 6. The molecule has 4 aromatic rings. The summed E-state index contributed by atoms with van der Waals surface area (Å²) in [6.07, 6.45) is 33.3. The molecular formula is C64H82Cl2Hf2. The van der Waals surface area contributed by atoms with E-state index < -0.39 is 41.9 Å². The Kier molecular flexibility index (Phi) is 16.7. The summed E-state index contributed by atoms with van der Waals surface area (Å²) in [6.45, 7) is 28.4. The quantitative estimate of drug-likeness (QED) is 0.154. The number of allylic oxidation sites excluding steroid dienone is 8. The van der Waals surface area contributed by atoms with Crippen molar-refractivity contribution in [3.05, 3.63) is 148 Å². The van der Waals surface area contributed by atoms with Crippen LogP contribution in [-0.4, -0.2) is 6.51 Å². The summed E-state index contributed by atoms with van der Waals surface area (Å²) in [5, 5.41) is 0. The number of hydrogen-bond acceptors (Lipinski definition) is 0. The zero-order valence-electron chi connectivity index (χ0n) is 44.0. The third kappa shape index (κ3) is 11.3. The molecule has 4 heteroatoms. The molecule has 0 unspecified atom stereocenters. The van der Waals surface area contributed by atoms with Gasteiger partial charge in [0, 0.05) is 0 Å². The fourth-order valence-corrected chi connectivity index (χ4v) is 36.4. The summed E-state index contributed by atoms with van der Waals surface area (Å²) in [6, 6.07) is 25.2. The van der Waals surface area contributed by atoms with Crippen molar-refractivity contribution in [2.24, 2.45) is 0 Å². The summed E-state index contributed by atoms with van der Waals surface area (Å²) in [5.74, 6) is 0. The van der Waals surface area contributed by atoms with E-state index in [0.29, 0.717) is 0 Å². The predicted octanol–water partition coefficient (Wildman–Crippen LogP) is 17.0. The molecule has 2 saturated carbocycles. The van der Waals surface area contributed by atoms with Gasteiger partial charge in [-0.2, -0.15) is 0 Å². The summed E-state index contributed by atoms with van der Waals surface area (Å²) in [5.41, 5.74) is 19.3. The van der Waals surface area contributed by atoms with Gasteiger partial charge in [0.1, 0.15) is 0 Å². The molecule has 0 nitrogen and oxygen atoms in total. The normalized spacial score (nSPS) is 17.2. The number of rotatable bonds is 4. The van der Waals surface area contributed by atoms with Crippen LogP contribution in [0.3, 0.4) is 0 Å². The Morgan fingerprint density at radius 1 is 0.382 bits per heavy atom. The first-order chi connectivity index (χ1) is 31.3. The Hall–Kier alpha value is -2.10. The van der Waals surface area contributed by atoms with Crippen LogP contribution in [0.2, 0.25) is 0 Å². The topological polar surface area (TPSA) is 0 Å². The number of hydrogen-bond donors (Lipinski definition) is 0. The van der Waals surface area contributed by atoms with E-state index in [1.165, 1.54) is 110 Å². The minimum absolute atomic E-state index is 0. The third-order valence-corrected chi connectivity index (χ3v) is 38.9. The molecular weight excluding hydrogens is 1200 g/mol. The van der Waals surface area contributed by atoms with Gasteiger partial charge in [-0.25, -0.2) is 0 Å². The van der Waals surface area contributed by atoms with Crippen LogP contribution >= 0.6 is 24.8 Å². The Morgan fingerprint density at radius 2 is 0.721 bits per heavy atom. The minimum Gasteiger partial charge on any atom is -0.147 e. The standard InChI is InChI=1S/2C21H25.2C6H10.2C5H5.2ClH.2Hf/c2*1-20(2,3)16-9-7-14-11-15-8-10-17(21(4,5)6)13-19(15)18(14)12-16;2*1-2-4-6-5-3-1;2*1-2-4-5-3-1;;;;/h2*7,9-10,12-13H,11H2,1-6H3;2*1-5H2;2*1-3H,4H2;2*1H;;. The van der Waals surface area contributed by atoms with Crippen molar-refractivity contribution < 1.29 is 41.9 Å². The van der Waals surface area contributed by atoms with Gasteiger partial charge in [-0.1, -0.05) is 0 Å². The average molecular weight is 1280 g/mol. The second-order valence-corrected chi connectivity index (χ2v) is 43.9. The van der Waals surface area contributed by atoms with Gasteiger partial charge in [-0.05, 0) is 0 Å². The third-order valence-electron chi connectivity index (χ3n) is 15.8. The van der Waals surface area contributed by atoms with Crippen LogP contribution in [0.5, 0.6) is 0 Å². The molecule has 0 N–H and O–H groups in total. The Balaban J connectivity index is 0.000000196. The van der Waals surface area contributed by atoms with Crippen LogP contribution < -0.4 is 6.64 Å². The largest absolute Gasteiger partial charge is 0.147 e. The Bertz CT molecular complexity index is 2560. The monoisotopic (exact) mass is 1280 g/mol. The fraction of sp³-hybridized carbons (Fsp3) is 0.469. The molecule has 0 atom stereocenters. The fourth-order valence-electron chi connectivity index (χ4n) is 11.7. The van der Waals surface area contributed by atoms with Crippen LogP contribution in [-0.2, 0) is 76.4 Å². The molecule has 0 radical (unpaired) electrons. The molecule has 4 aromatic carbocycles. The zero-order chi connectivity index (χ0) is 46.8. The Morgan fingerprint density at radius 3 is 1.03 bits per heavy atom. The molecule has 6 aliphatic carbocycles. The minimum atomic E-state index is -2.31. The van der Waals surface area contributed by atoms with Crippen molar-refractivity contribution in [1.29, 1.82) is 0 Å². The van der Waals surface area contributed by atoms with Gasteiger partial charge in [0.2, 0.25) is 0 Å². The summed E-state index contributed by atoms with van der Waals surface area (Å²) in [7, 11) is 0. The molecule has 0 spiro atoms.